The second-order valence-electron chi connectivity index (χ2n) is 4.28. The molecule has 0 aliphatic carbocycles. The van der Waals surface area contributed by atoms with Gasteiger partial charge >= 0.3 is 0 Å². The largest absolute Gasteiger partial charge is 0.332 e. The maximum absolute atomic E-state index is 4.72. The fraction of sp³-hybridized carbons (Fsp3) is 0. The molecule has 1 aliphatic rings. The number of nitrogens with zero attached hydrogens (tertiary/aromatic N) is 1. The first kappa shape index (κ1) is 9.97. The number of rotatable bonds is 0. The number of aromatic nitrogens is 1. The van der Waals surface area contributed by atoms with Crippen molar-refractivity contribution in [1.29, 1.82) is 0 Å². The first-order chi connectivity index (χ1) is 8.92. The molecule has 3 aromatic rings. The summed E-state index contributed by atoms with van der Waals surface area (Å²) in [5.74, 6) is 0. The van der Waals surface area contributed by atoms with Gasteiger partial charge in [0.1, 0.15) is 0 Å². The van der Waals surface area contributed by atoms with E-state index in [4.69, 9.17) is 4.98 Å². The van der Waals surface area contributed by atoms with Gasteiger partial charge in [-0.2, -0.15) is 0 Å². The maximum Gasteiger partial charge on any atom is 0.0722 e. The Kier molecular flexibility index (Phi) is 2.08. The van der Waals surface area contributed by atoms with E-state index in [0.717, 1.165) is 11.0 Å². The van der Waals surface area contributed by atoms with Crippen LogP contribution in [0.4, 0.5) is 0 Å². The van der Waals surface area contributed by atoms with Crippen molar-refractivity contribution in [3.8, 4) is 0 Å². The minimum Gasteiger partial charge on any atom is -0.332 e. The number of fused-ring (bicyclic) bond motifs is 4. The molecule has 1 aromatic heterocycles. The Labute approximate surface area is 109 Å². The minimum absolute atomic E-state index is 1.05. The Balaban J connectivity index is 2.15. The quantitative estimate of drug-likeness (QED) is 0.482. The number of benzene rings is 2. The van der Waals surface area contributed by atoms with Gasteiger partial charge in [0.05, 0.1) is 11.0 Å². The van der Waals surface area contributed by atoms with E-state index in [-0.39, 0.29) is 0 Å². The highest BCUT2D eigenvalue weighted by atomic mass is 32.2. The second kappa shape index (κ2) is 3.75. The van der Waals surface area contributed by atoms with Gasteiger partial charge in [-0.05, 0) is 41.8 Å². The van der Waals surface area contributed by atoms with E-state index >= 15 is 0 Å². The molecule has 2 aromatic carbocycles. The molecule has 0 spiro atoms. The van der Waals surface area contributed by atoms with E-state index in [1.807, 2.05) is 12.3 Å². The number of hydrogen-bond donors (Lipinski definition) is 1. The highest BCUT2D eigenvalue weighted by molar-refractivity contribution is 7.97. The van der Waals surface area contributed by atoms with E-state index < -0.39 is 0 Å². The summed E-state index contributed by atoms with van der Waals surface area (Å²) in [5.41, 5.74) is 3.36. The third kappa shape index (κ3) is 1.41. The van der Waals surface area contributed by atoms with E-state index in [1.165, 1.54) is 21.2 Å². The monoisotopic (exact) mass is 250 g/mol. The van der Waals surface area contributed by atoms with Crippen molar-refractivity contribution in [2.75, 3.05) is 0 Å². The summed E-state index contributed by atoms with van der Waals surface area (Å²) in [6.45, 7) is 0. The molecule has 2 heterocycles. The molecule has 3 heteroatoms. The standard InChI is InChI=1S/C15H10N2S/c1-2-4-13-11(3-1)9-12-14(17-13)6-5-10-7-8-16-18-15(10)12/h1-9,16H. The summed E-state index contributed by atoms with van der Waals surface area (Å²) in [7, 11) is 0. The molecule has 0 bridgehead atoms. The molecule has 0 amide bonds. The van der Waals surface area contributed by atoms with Crippen LogP contribution in [0.25, 0.3) is 27.9 Å². The van der Waals surface area contributed by atoms with Gasteiger partial charge in [0.2, 0.25) is 0 Å². The van der Waals surface area contributed by atoms with E-state index in [2.05, 4.69) is 47.2 Å². The van der Waals surface area contributed by atoms with E-state index in [0.29, 0.717) is 0 Å². The number of pyridine rings is 1. The van der Waals surface area contributed by atoms with Crippen molar-refractivity contribution in [1.82, 2.24) is 9.71 Å². The van der Waals surface area contributed by atoms with Crippen LogP contribution in [0.2, 0.25) is 0 Å². The first-order valence-corrected chi connectivity index (χ1v) is 6.65. The molecule has 1 N–H and O–H groups in total. The summed E-state index contributed by atoms with van der Waals surface area (Å²) in [5, 5.41) is 2.40. The summed E-state index contributed by atoms with van der Waals surface area (Å²) in [6.07, 6.45) is 4.06. The number of hydrogen-bond acceptors (Lipinski definition) is 3. The average molecular weight is 250 g/mol. The fourth-order valence-electron chi connectivity index (χ4n) is 2.30. The van der Waals surface area contributed by atoms with E-state index in [9.17, 15) is 0 Å². The predicted octanol–water partition coefficient (Wildman–Crippen LogP) is 3.97. The van der Waals surface area contributed by atoms with Crippen LogP contribution in [0.1, 0.15) is 5.56 Å². The van der Waals surface area contributed by atoms with Crippen LogP contribution in [0.5, 0.6) is 0 Å². The van der Waals surface area contributed by atoms with Crippen LogP contribution in [0.15, 0.2) is 53.6 Å². The zero-order valence-corrected chi connectivity index (χ0v) is 10.4. The Morgan fingerprint density at radius 2 is 1.94 bits per heavy atom. The molecule has 0 fully saturated rings. The van der Waals surface area contributed by atoms with Crippen molar-refractivity contribution in [2.45, 2.75) is 4.90 Å². The van der Waals surface area contributed by atoms with Crippen LogP contribution in [-0.2, 0) is 0 Å². The van der Waals surface area contributed by atoms with Gasteiger partial charge in [0.25, 0.3) is 0 Å². The smallest absolute Gasteiger partial charge is 0.0722 e. The highest BCUT2D eigenvalue weighted by Gasteiger charge is 2.11. The van der Waals surface area contributed by atoms with Gasteiger partial charge in [-0.15, -0.1) is 0 Å². The molecule has 4 rings (SSSR count). The lowest BCUT2D eigenvalue weighted by Gasteiger charge is -2.13. The SMILES string of the molecule is C1=Cc2ccc3nc4ccccc4cc3c2SN1. The molecular weight excluding hydrogens is 240 g/mol. The fourth-order valence-corrected chi connectivity index (χ4v) is 3.08. The van der Waals surface area contributed by atoms with Crippen LogP contribution in [-0.4, -0.2) is 4.98 Å². The normalized spacial score (nSPS) is 13.6. The van der Waals surface area contributed by atoms with Crippen molar-refractivity contribution in [2.24, 2.45) is 0 Å². The molecule has 2 nitrogen and oxygen atoms in total. The molecule has 0 saturated heterocycles. The highest BCUT2D eigenvalue weighted by Crippen LogP contribution is 2.33. The van der Waals surface area contributed by atoms with Crippen molar-refractivity contribution >= 4 is 39.8 Å². The molecular formula is C15H10N2S. The van der Waals surface area contributed by atoms with Gasteiger partial charge in [0, 0.05) is 21.9 Å². The van der Waals surface area contributed by atoms with Crippen LogP contribution >= 0.6 is 11.9 Å². The van der Waals surface area contributed by atoms with Crippen molar-refractivity contribution < 1.29 is 0 Å². The molecule has 0 saturated carbocycles. The van der Waals surface area contributed by atoms with Gasteiger partial charge in [0.15, 0.2) is 0 Å². The zero-order chi connectivity index (χ0) is 11.9. The van der Waals surface area contributed by atoms with Crippen molar-refractivity contribution in [3.05, 3.63) is 54.2 Å². The Morgan fingerprint density at radius 1 is 1.00 bits per heavy atom. The zero-order valence-electron chi connectivity index (χ0n) is 9.55. The Bertz CT molecular complexity index is 793. The molecule has 0 unspecified atom stereocenters. The molecule has 0 atom stereocenters. The average Bonchev–Trinajstić information content (AvgIpc) is 2.45. The predicted molar refractivity (Wildman–Crippen MR) is 77.3 cm³/mol. The Hall–Kier alpha value is -2.00. The summed E-state index contributed by atoms with van der Waals surface area (Å²) in [4.78, 5) is 5.98. The lowest BCUT2D eigenvalue weighted by atomic mass is 10.1. The van der Waals surface area contributed by atoms with Gasteiger partial charge in [-0.1, -0.05) is 24.3 Å². The van der Waals surface area contributed by atoms with E-state index in [1.54, 1.807) is 11.9 Å². The second-order valence-corrected chi connectivity index (χ2v) is 5.13. The van der Waals surface area contributed by atoms with Crippen LogP contribution < -0.4 is 4.72 Å². The molecule has 86 valence electrons. The number of nitrogens with one attached hydrogen (secondary N) is 1. The molecule has 1 aliphatic heterocycles. The lowest BCUT2D eigenvalue weighted by molar-refractivity contribution is 1.34. The summed E-state index contributed by atoms with van der Waals surface area (Å²) in [6, 6.07) is 14.7. The Morgan fingerprint density at radius 3 is 2.94 bits per heavy atom. The molecule has 0 radical (unpaired) electrons. The van der Waals surface area contributed by atoms with Gasteiger partial charge in [-0.3, -0.25) is 0 Å². The van der Waals surface area contributed by atoms with Crippen molar-refractivity contribution in [3.63, 3.8) is 0 Å². The first-order valence-electron chi connectivity index (χ1n) is 5.83. The maximum atomic E-state index is 4.72. The topological polar surface area (TPSA) is 24.9 Å². The lowest BCUT2D eigenvalue weighted by Crippen LogP contribution is -1.99. The minimum atomic E-state index is 1.05. The van der Waals surface area contributed by atoms with Crippen LogP contribution in [0, 0.1) is 0 Å². The molecule has 18 heavy (non-hydrogen) atoms. The number of para-hydroxylation sites is 1. The third-order valence-corrected chi connectivity index (χ3v) is 4.09. The van der Waals surface area contributed by atoms with Gasteiger partial charge < -0.3 is 4.72 Å². The van der Waals surface area contributed by atoms with Gasteiger partial charge in [-0.25, -0.2) is 4.98 Å². The van der Waals surface area contributed by atoms with Crippen LogP contribution in [0.3, 0.4) is 0 Å². The third-order valence-electron chi connectivity index (χ3n) is 3.17. The summed E-state index contributed by atoms with van der Waals surface area (Å²) < 4.78 is 3.19. The summed E-state index contributed by atoms with van der Waals surface area (Å²) >= 11 is 1.65.